The highest BCUT2D eigenvalue weighted by atomic mass is 16.2. The molecule has 0 radical (unpaired) electrons. The average molecular weight is 460 g/mol. The molecule has 2 aromatic heterocycles. The Kier molecular flexibility index (Phi) is 6.52. The molecule has 0 bridgehead atoms. The van der Waals surface area contributed by atoms with Crippen molar-refractivity contribution in [2.24, 2.45) is 11.8 Å². The highest BCUT2D eigenvalue weighted by Crippen LogP contribution is 2.27. The first-order chi connectivity index (χ1) is 16.6. The van der Waals surface area contributed by atoms with Gasteiger partial charge in [0.15, 0.2) is 5.82 Å². The summed E-state index contributed by atoms with van der Waals surface area (Å²) in [5.41, 5.74) is 1.47. The van der Waals surface area contributed by atoms with Gasteiger partial charge in [-0.15, -0.1) is 0 Å². The van der Waals surface area contributed by atoms with Crippen LogP contribution in [0.15, 0.2) is 61.1 Å². The third kappa shape index (κ3) is 4.52. The minimum absolute atomic E-state index is 0.0193. The topological polar surface area (TPSA) is 72.2 Å². The highest BCUT2D eigenvalue weighted by molar-refractivity contribution is 5.97. The molecule has 5 rings (SSSR count). The van der Waals surface area contributed by atoms with Crippen LogP contribution >= 0.6 is 0 Å². The van der Waals surface area contributed by atoms with Gasteiger partial charge < -0.3 is 14.8 Å². The fourth-order valence-electron chi connectivity index (χ4n) is 5.32. The molecule has 34 heavy (non-hydrogen) atoms. The molecule has 7 heteroatoms. The zero-order chi connectivity index (χ0) is 23.5. The van der Waals surface area contributed by atoms with Crippen LogP contribution in [0.25, 0.3) is 11.5 Å². The van der Waals surface area contributed by atoms with Gasteiger partial charge in [-0.25, -0.2) is 4.68 Å². The molecule has 1 saturated carbocycles. The van der Waals surface area contributed by atoms with E-state index >= 15 is 0 Å². The summed E-state index contributed by atoms with van der Waals surface area (Å²) in [6, 6.07) is 14.0. The van der Waals surface area contributed by atoms with E-state index in [1.807, 2.05) is 64.3 Å². The monoisotopic (exact) mass is 459 g/mol. The van der Waals surface area contributed by atoms with E-state index < -0.39 is 0 Å². The molecule has 1 aliphatic heterocycles. The normalized spacial score (nSPS) is 21.4. The lowest BCUT2D eigenvalue weighted by Crippen LogP contribution is -2.47. The Morgan fingerprint density at radius 1 is 0.941 bits per heavy atom. The van der Waals surface area contributed by atoms with Crippen molar-refractivity contribution >= 4 is 11.8 Å². The van der Waals surface area contributed by atoms with Crippen LogP contribution in [0.3, 0.4) is 0 Å². The first-order valence-corrected chi connectivity index (χ1v) is 12.5. The summed E-state index contributed by atoms with van der Waals surface area (Å²) >= 11 is 0. The number of nitrogens with zero attached hydrogens (tertiary/aromatic N) is 4. The fourth-order valence-corrected chi connectivity index (χ4v) is 5.32. The molecule has 2 aliphatic rings. The maximum Gasteiger partial charge on any atom is 0.259 e. The SMILES string of the molecule is C[C@@H]1CCCC[C@H]1NC(=O)C1CCN(C(=O)c2cnn(-c3ccccc3)c2-n2cccc2)CC1. The lowest BCUT2D eigenvalue weighted by Gasteiger charge is -2.34. The number of likely N-dealkylation sites (tertiary alicyclic amines) is 1. The van der Waals surface area contributed by atoms with Gasteiger partial charge in [0.05, 0.1) is 11.9 Å². The molecule has 0 unspecified atom stereocenters. The Hall–Kier alpha value is -3.35. The molecular formula is C27H33N5O2. The number of carbonyl (C=O) groups is 2. The Labute approximate surface area is 200 Å². The number of carbonyl (C=O) groups excluding carboxylic acids is 2. The van der Waals surface area contributed by atoms with E-state index in [0.29, 0.717) is 43.5 Å². The van der Waals surface area contributed by atoms with Crippen LogP contribution in [0.5, 0.6) is 0 Å². The van der Waals surface area contributed by atoms with E-state index in [9.17, 15) is 9.59 Å². The Morgan fingerprint density at radius 3 is 2.35 bits per heavy atom. The van der Waals surface area contributed by atoms with Crippen LogP contribution in [-0.4, -0.2) is 50.2 Å². The van der Waals surface area contributed by atoms with Crippen molar-refractivity contribution in [2.45, 2.75) is 51.5 Å². The van der Waals surface area contributed by atoms with Gasteiger partial charge in [0.25, 0.3) is 5.91 Å². The summed E-state index contributed by atoms with van der Waals surface area (Å²) in [6.45, 7) is 3.40. The van der Waals surface area contributed by atoms with Crippen molar-refractivity contribution in [2.75, 3.05) is 13.1 Å². The lowest BCUT2D eigenvalue weighted by atomic mass is 9.85. The van der Waals surface area contributed by atoms with Crippen molar-refractivity contribution in [3.8, 4) is 11.5 Å². The molecule has 0 spiro atoms. The molecule has 1 aliphatic carbocycles. The summed E-state index contributed by atoms with van der Waals surface area (Å²) < 4.78 is 3.73. The third-order valence-electron chi connectivity index (χ3n) is 7.42. The summed E-state index contributed by atoms with van der Waals surface area (Å²) in [4.78, 5) is 28.3. The number of hydrogen-bond acceptors (Lipinski definition) is 3. The molecule has 2 amide bonds. The van der Waals surface area contributed by atoms with Gasteiger partial charge >= 0.3 is 0 Å². The third-order valence-corrected chi connectivity index (χ3v) is 7.42. The zero-order valence-electron chi connectivity index (χ0n) is 19.8. The number of hydrogen-bond donors (Lipinski definition) is 1. The standard InChI is InChI=1S/C27H33N5O2/c1-20-9-5-6-12-24(20)29-25(33)21-13-17-31(18-14-21)27(34)23-19-28-32(22-10-3-2-4-11-22)26(23)30-15-7-8-16-30/h2-4,7-8,10-11,15-16,19-21,24H,5-6,9,12-14,17-18H2,1H3,(H,29,33)/t20-,24-/m1/s1. The first kappa shape index (κ1) is 22.4. The minimum atomic E-state index is -0.0364. The van der Waals surface area contributed by atoms with Crippen molar-refractivity contribution in [3.05, 3.63) is 66.6 Å². The van der Waals surface area contributed by atoms with Crippen molar-refractivity contribution in [1.82, 2.24) is 24.6 Å². The van der Waals surface area contributed by atoms with Gasteiger partial charge in [-0.05, 0) is 55.9 Å². The van der Waals surface area contributed by atoms with Gasteiger partial charge in [-0.1, -0.05) is 38.0 Å². The Morgan fingerprint density at radius 2 is 1.65 bits per heavy atom. The van der Waals surface area contributed by atoms with Crippen molar-refractivity contribution < 1.29 is 9.59 Å². The molecule has 178 valence electrons. The van der Waals surface area contributed by atoms with E-state index in [2.05, 4.69) is 17.3 Å². The second kappa shape index (κ2) is 9.87. The smallest absolute Gasteiger partial charge is 0.259 e. The lowest BCUT2D eigenvalue weighted by molar-refractivity contribution is -0.127. The minimum Gasteiger partial charge on any atom is -0.353 e. The maximum atomic E-state index is 13.6. The largest absolute Gasteiger partial charge is 0.353 e. The number of nitrogens with one attached hydrogen (secondary N) is 1. The van der Waals surface area contributed by atoms with Crippen LogP contribution < -0.4 is 5.32 Å². The first-order valence-electron chi connectivity index (χ1n) is 12.5. The van der Waals surface area contributed by atoms with Crippen LogP contribution in [0.1, 0.15) is 55.8 Å². The molecule has 7 nitrogen and oxygen atoms in total. The van der Waals surface area contributed by atoms with E-state index in [1.165, 1.54) is 19.3 Å². The van der Waals surface area contributed by atoms with Crippen LogP contribution in [0.4, 0.5) is 0 Å². The molecule has 1 N–H and O–H groups in total. The molecule has 3 heterocycles. The van der Waals surface area contributed by atoms with E-state index in [-0.39, 0.29) is 17.7 Å². The Bertz CT molecular complexity index is 1110. The van der Waals surface area contributed by atoms with Crippen LogP contribution in [0.2, 0.25) is 0 Å². The zero-order valence-corrected chi connectivity index (χ0v) is 19.8. The predicted octanol–water partition coefficient (Wildman–Crippen LogP) is 4.21. The van der Waals surface area contributed by atoms with E-state index in [1.54, 1.807) is 10.9 Å². The van der Waals surface area contributed by atoms with Gasteiger partial charge in [0.1, 0.15) is 5.56 Å². The molecule has 1 aromatic carbocycles. The van der Waals surface area contributed by atoms with E-state index in [4.69, 9.17) is 0 Å². The molecular weight excluding hydrogens is 426 g/mol. The quantitative estimate of drug-likeness (QED) is 0.621. The van der Waals surface area contributed by atoms with Crippen LogP contribution in [0, 0.1) is 11.8 Å². The average Bonchev–Trinajstić information content (AvgIpc) is 3.56. The maximum absolute atomic E-state index is 13.6. The molecule has 1 saturated heterocycles. The summed E-state index contributed by atoms with van der Waals surface area (Å²) in [5.74, 6) is 1.38. The van der Waals surface area contributed by atoms with Gasteiger partial charge in [-0.2, -0.15) is 5.10 Å². The highest BCUT2D eigenvalue weighted by Gasteiger charge is 2.32. The molecule has 2 atom stereocenters. The van der Waals surface area contributed by atoms with Crippen molar-refractivity contribution in [3.63, 3.8) is 0 Å². The van der Waals surface area contributed by atoms with Crippen molar-refractivity contribution in [1.29, 1.82) is 0 Å². The second-order valence-electron chi connectivity index (χ2n) is 9.66. The molecule has 3 aromatic rings. The number of aromatic nitrogens is 3. The number of piperidine rings is 1. The molecule has 2 fully saturated rings. The number of para-hydroxylation sites is 1. The van der Waals surface area contributed by atoms with Gasteiger partial charge in [0.2, 0.25) is 5.91 Å². The Balaban J connectivity index is 1.29. The summed E-state index contributed by atoms with van der Waals surface area (Å²) in [6.07, 6.45) is 11.6. The fraction of sp³-hybridized carbons (Fsp3) is 0.444. The predicted molar refractivity (Wildman–Crippen MR) is 131 cm³/mol. The summed E-state index contributed by atoms with van der Waals surface area (Å²) in [7, 11) is 0. The van der Waals surface area contributed by atoms with E-state index in [0.717, 1.165) is 17.9 Å². The summed E-state index contributed by atoms with van der Waals surface area (Å²) in [5, 5.41) is 7.86. The second-order valence-corrected chi connectivity index (χ2v) is 9.66. The number of benzene rings is 1. The van der Waals surface area contributed by atoms with Crippen LogP contribution in [-0.2, 0) is 4.79 Å². The number of amides is 2. The van der Waals surface area contributed by atoms with Gasteiger partial charge in [-0.3, -0.25) is 9.59 Å². The van der Waals surface area contributed by atoms with Gasteiger partial charge in [0, 0.05) is 37.4 Å². The number of rotatable bonds is 5.